The van der Waals surface area contributed by atoms with Gasteiger partial charge in [-0.15, -0.1) is 0 Å². The molecule has 13 aromatic rings. The third-order valence-corrected chi connectivity index (χ3v) is 12.8. The van der Waals surface area contributed by atoms with Crippen LogP contribution in [0.4, 0.5) is 0 Å². The molecule has 68 heavy (non-hydrogen) atoms. The molecular formula is C61H39N7. The second kappa shape index (κ2) is 16.3. The Labute approximate surface area is 392 Å². The Bertz CT molecular complexity index is 3950. The van der Waals surface area contributed by atoms with Crippen molar-refractivity contribution in [1.82, 2.24) is 34.1 Å². The molecule has 7 heteroatoms. The minimum absolute atomic E-state index is 0.510. The zero-order chi connectivity index (χ0) is 45.0. The third-order valence-electron chi connectivity index (χ3n) is 12.8. The van der Waals surface area contributed by atoms with Crippen molar-refractivity contribution in [3.05, 3.63) is 237 Å². The lowest BCUT2D eigenvalue weighted by Crippen LogP contribution is -2.07. The first-order valence-electron chi connectivity index (χ1n) is 22.8. The van der Waals surface area contributed by atoms with Gasteiger partial charge in [0.25, 0.3) is 0 Å². The number of hydrogen-bond acceptors (Lipinski definition) is 5. The molecule has 0 bridgehead atoms. The van der Waals surface area contributed by atoms with Crippen LogP contribution < -0.4 is 0 Å². The van der Waals surface area contributed by atoms with Crippen molar-refractivity contribution in [2.75, 3.05) is 0 Å². The maximum Gasteiger partial charge on any atom is 0.238 e. The van der Waals surface area contributed by atoms with Gasteiger partial charge in [-0.2, -0.15) is 9.97 Å². The fraction of sp³-hybridized carbons (Fsp3) is 0. The largest absolute Gasteiger partial charge is 0.292 e. The molecule has 0 atom stereocenters. The Morgan fingerprint density at radius 2 is 0.721 bits per heavy atom. The van der Waals surface area contributed by atoms with Gasteiger partial charge in [0, 0.05) is 49.4 Å². The molecule has 0 saturated heterocycles. The highest BCUT2D eigenvalue weighted by Gasteiger charge is 2.24. The van der Waals surface area contributed by atoms with E-state index in [1.54, 1.807) is 0 Å². The van der Waals surface area contributed by atoms with E-state index in [0.717, 1.165) is 105 Å². The number of rotatable bonds is 8. The lowest BCUT2D eigenvalue weighted by atomic mass is 9.99. The lowest BCUT2D eigenvalue weighted by Gasteiger charge is -2.14. The van der Waals surface area contributed by atoms with Gasteiger partial charge in [-0.3, -0.25) is 9.13 Å². The topological polar surface area (TPSA) is 74.3 Å². The lowest BCUT2D eigenvalue weighted by molar-refractivity contribution is 0.952. The van der Waals surface area contributed by atoms with E-state index in [4.69, 9.17) is 24.9 Å². The van der Waals surface area contributed by atoms with Crippen molar-refractivity contribution in [3.63, 3.8) is 0 Å². The molecule has 0 N–H and O–H groups in total. The van der Waals surface area contributed by atoms with Crippen LogP contribution in [0.3, 0.4) is 0 Å². The summed E-state index contributed by atoms with van der Waals surface area (Å²) in [6.45, 7) is 0. The Balaban J connectivity index is 1.06. The van der Waals surface area contributed by atoms with Crippen molar-refractivity contribution in [2.45, 2.75) is 0 Å². The van der Waals surface area contributed by atoms with Gasteiger partial charge in [-0.05, 0) is 53.6 Å². The quantitative estimate of drug-likeness (QED) is 0.152. The molecule has 5 heterocycles. The highest BCUT2D eigenvalue weighted by atomic mass is 15.2. The summed E-state index contributed by atoms with van der Waals surface area (Å²) >= 11 is 0. The highest BCUT2D eigenvalue weighted by molar-refractivity contribution is 6.23. The summed E-state index contributed by atoms with van der Waals surface area (Å²) in [5.74, 6) is 2.45. The Kier molecular flexibility index (Phi) is 9.35. The minimum Gasteiger partial charge on any atom is -0.292 e. The van der Waals surface area contributed by atoms with E-state index >= 15 is 0 Å². The van der Waals surface area contributed by atoms with Crippen LogP contribution >= 0.6 is 0 Å². The van der Waals surface area contributed by atoms with Crippen molar-refractivity contribution in [2.24, 2.45) is 0 Å². The molecule has 318 valence electrons. The zero-order valence-corrected chi connectivity index (χ0v) is 36.6. The Morgan fingerprint density at radius 3 is 1.37 bits per heavy atom. The van der Waals surface area contributed by atoms with Gasteiger partial charge >= 0.3 is 0 Å². The molecular weight excluding hydrogens is 831 g/mol. The highest BCUT2D eigenvalue weighted by Crippen LogP contribution is 2.42. The van der Waals surface area contributed by atoms with Crippen LogP contribution in [-0.2, 0) is 0 Å². The van der Waals surface area contributed by atoms with Crippen molar-refractivity contribution in [1.29, 1.82) is 0 Å². The standard InChI is InChI=1S/C61H39N7/c1-5-19-40(20-6-1)46-38-52(42-23-9-3-10-24-42)62-53(39-46)44-27-17-28-45(37-44)60-64-59(43-25-11-4-12-26-43)65-61(66-60)68-55-33-16-14-30-48(55)50-36-35-49-47-29-13-15-32-54(47)67(57(49)58(50)68)56-34-18-31-51(63-56)41-21-7-2-8-22-41/h1-39H. The maximum absolute atomic E-state index is 5.45. The first-order chi connectivity index (χ1) is 33.7. The zero-order valence-electron chi connectivity index (χ0n) is 36.6. The predicted molar refractivity (Wildman–Crippen MR) is 277 cm³/mol. The van der Waals surface area contributed by atoms with Crippen molar-refractivity contribution in [3.8, 4) is 79.4 Å². The number of para-hydroxylation sites is 2. The smallest absolute Gasteiger partial charge is 0.238 e. The minimum atomic E-state index is 0.510. The van der Waals surface area contributed by atoms with E-state index in [2.05, 4.69) is 209 Å². The predicted octanol–water partition coefficient (Wildman–Crippen LogP) is 14.9. The number of nitrogens with zero attached hydrogens (tertiary/aromatic N) is 7. The summed E-state index contributed by atoms with van der Waals surface area (Å²) in [5, 5.41) is 4.41. The van der Waals surface area contributed by atoms with Gasteiger partial charge in [0.05, 0.1) is 39.1 Å². The van der Waals surface area contributed by atoms with E-state index in [9.17, 15) is 0 Å². The molecule has 0 unspecified atom stereocenters. The average molecular weight is 870 g/mol. The maximum atomic E-state index is 5.45. The molecule has 13 rings (SSSR count). The molecule has 0 spiro atoms. The van der Waals surface area contributed by atoms with Crippen molar-refractivity contribution < 1.29 is 0 Å². The molecule has 0 aliphatic carbocycles. The molecule has 0 radical (unpaired) electrons. The molecule has 0 fully saturated rings. The second-order valence-corrected chi connectivity index (χ2v) is 16.9. The summed E-state index contributed by atoms with van der Waals surface area (Å²) in [4.78, 5) is 26.7. The third kappa shape index (κ3) is 6.72. The van der Waals surface area contributed by atoms with E-state index in [1.807, 2.05) is 36.4 Å². The number of fused-ring (bicyclic) bond motifs is 7. The Hall–Kier alpha value is -9.33. The number of aromatic nitrogens is 7. The number of hydrogen-bond donors (Lipinski definition) is 0. The first-order valence-corrected chi connectivity index (χ1v) is 22.8. The van der Waals surface area contributed by atoms with Crippen LogP contribution in [0.2, 0.25) is 0 Å². The van der Waals surface area contributed by atoms with Gasteiger partial charge in [0.1, 0.15) is 5.82 Å². The van der Waals surface area contributed by atoms with Crippen LogP contribution in [0.25, 0.3) is 123 Å². The Morgan fingerprint density at radius 1 is 0.250 bits per heavy atom. The number of pyridine rings is 2. The molecule has 5 aromatic heterocycles. The monoisotopic (exact) mass is 869 g/mol. The van der Waals surface area contributed by atoms with Crippen LogP contribution in [0, 0.1) is 0 Å². The van der Waals surface area contributed by atoms with E-state index in [1.165, 1.54) is 0 Å². The fourth-order valence-electron chi connectivity index (χ4n) is 9.62. The average Bonchev–Trinajstić information content (AvgIpc) is 3.95. The van der Waals surface area contributed by atoms with Gasteiger partial charge in [-0.25, -0.2) is 15.0 Å². The summed E-state index contributed by atoms with van der Waals surface area (Å²) in [6.07, 6.45) is 0. The fourth-order valence-corrected chi connectivity index (χ4v) is 9.62. The summed E-state index contributed by atoms with van der Waals surface area (Å²) < 4.78 is 4.53. The molecule has 8 aromatic carbocycles. The summed E-state index contributed by atoms with van der Waals surface area (Å²) in [6, 6.07) is 81.9. The SMILES string of the molecule is c1ccc(-c2cc(-c3ccccc3)nc(-c3cccc(-c4nc(-c5ccccc5)nc(-n5c6ccccc6c6ccc7c8ccccc8n(-c8cccc(-c9ccccc9)n8)c7c65)n4)c3)c2)cc1. The van der Waals surface area contributed by atoms with Crippen LogP contribution in [0.5, 0.6) is 0 Å². The van der Waals surface area contributed by atoms with Gasteiger partial charge in [0.2, 0.25) is 5.95 Å². The molecule has 0 aliphatic heterocycles. The van der Waals surface area contributed by atoms with E-state index in [0.29, 0.717) is 17.6 Å². The van der Waals surface area contributed by atoms with E-state index < -0.39 is 0 Å². The molecule has 0 amide bonds. The summed E-state index contributed by atoms with van der Waals surface area (Å²) in [7, 11) is 0. The second-order valence-electron chi connectivity index (χ2n) is 16.9. The number of benzene rings is 8. The summed E-state index contributed by atoms with van der Waals surface area (Å²) in [5.41, 5.74) is 13.7. The first kappa shape index (κ1) is 39.1. The van der Waals surface area contributed by atoms with Crippen LogP contribution in [0.1, 0.15) is 0 Å². The van der Waals surface area contributed by atoms with Gasteiger partial charge < -0.3 is 0 Å². The normalized spacial score (nSPS) is 11.5. The van der Waals surface area contributed by atoms with Crippen LogP contribution in [-0.4, -0.2) is 34.1 Å². The molecule has 7 nitrogen and oxygen atoms in total. The van der Waals surface area contributed by atoms with Crippen LogP contribution in [0.15, 0.2) is 237 Å². The van der Waals surface area contributed by atoms with Crippen molar-refractivity contribution >= 4 is 43.6 Å². The van der Waals surface area contributed by atoms with Gasteiger partial charge in [-0.1, -0.05) is 194 Å². The van der Waals surface area contributed by atoms with E-state index in [-0.39, 0.29) is 0 Å². The molecule has 0 aliphatic rings. The van der Waals surface area contributed by atoms with Gasteiger partial charge in [0.15, 0.2) is 11.6 Å². The molecule has 0 saturated carbocycles.